The van der Waals surface area contributed by atoms with Gasteiger partial charge in [-0.2, -0.15) is 0 Å². The summed E-state index contributed by atoms with van der Waals surface area (Å²) in [4.78, 5) is 0. The highest BCUT2D eigenvalue weighted by molar-refractivity contribution is 5.44. The normalized spacial score (nSPS) is 16.0. The summed E-state index contributed by atoms with van der Waals surface area (Å²) in [5.74, 6) is 0.970. The molecule has 0 radical (unpaired) electrons. The van der Waals surface area contributed by atoms with Gasteiger partial charge in [-0.05, 0) is 30.2 Å². The van der Waals surface area contributed by atoms with Crippen LogP contribution in [0.1, 0.15) is 12.0 Å². The molecule has 4 heteroatoms. The fourth-order valence-electron chi connectivity index (χ4n) is 1.76. The Labute approximate surface area is 94.0 Å². The van der Waals surface area contributed by atoms with Crippen LogP contribution in [0.25, 0.3) is 0 Å². The van der Waals surface area contributed by atoms with Crippen LogP contribution in [0.2, 0.25) is 0 Å². The number of fused-ring (bicyclic) bond motifs is 1. The molecular weight excluding hydrogens is 206 g/mol. The van der Waals surface area contributed by atoms with Crippen molar-refractivity contribution in [1.29, 1.82) is 0 Å². The molecule has 0 aliphatic carbocycles. The third-order valence-electron chi connectivity index (χ3n) is 2.69. The summed E-state index contributed by atoms with van der Waals surface area (Å²) in [6.45, 7) is 0.0609. The van der Waals surface area contributed by atoms with E-state index in [0.29, 0.717) is 12.8 Å². The Morgan fingerprint density at radius 3 is 3.00 bits per heavy atom. The molecule has 0 spiro atoms. The van der Waals surface area contributed by atoms with Crippen LogP contribution < -0.4 is 10.5 Å². The summed E-state index contributed by atoms with van der Waals surface area (Å²) >= 11 is 0. The molecule has 0 aromatic heterocycles. The molecule has 2 rings (SSSR count). The monoisotopic (exact) mass is 221 g/mol. The van der Waals surface area contributed by atoms with Gasteiger partial charge < -0.3 is 20.7 Å². The standard InChI is InChI=1S/C12H15NO3/c13-11(3-4-14)9-5-8-6-10(15)1-2-12(8)16-7-9/h1-2,6-7,11,14-15H,3-5,13H2. The van der Waals surface area contributed by atoms with Gasteiger partial charge in [-0.25, -0.2) is 0 Å². The van der Waals surface area contributed by atoms with Gasteiger partial charge in [0.1, 0.15) is 11.5 Å². The van der Waals surface area contributed by atoms with Crippen LogP contribution in [-0.2, 0) is 6.42 Å². The molecule has 1 unspecified atom stereocenters. The maximum atomic E-state index is 9.37. The van der Waals surface area contributed by atoms with Crippen molar-refractivity contribution in [2.75, 3.05) is 6.61 Å². The predicted molar refractivity (Wildman–Crippen MR) is 60.2 cm³/mol. The molecular formula is C12H15NO3. The molecule has 86 valence electrons. The molecule has 4 nitrogen and oxygen atoms in total. The molecule has 0 amide bonds. The first kappa shape index (κ1) is 11.0. The number of benzene rings is 1. The summed E-state index contributed by atoms with van der Waals surface area (Å²) in [5.41, 5.74) is 7.74. The van der Waals surface area contributed by atoms with Crippen molar-refractivity contribution in [3.05, 3.63) is 35.6 Å². The van der Waals surface area contributed by atoms with Gasteiger partial charge >= 0.3 is 0 Å². The second-order valence-electron chi connectivity index (χ2n) is 3.90. The van der Waals surface area contributed by atoms with E-state index < -0.39 is 0 Å². The number of nitrogens with two attached hydrogens (primary N) is 1. The third-order valence-corrected chi connectivity index (χ3v) is 2.69. The summed E-state index contributed by atoms with van der Waals surface area (Å²) in [6.07, 6.45) is 2.81. The minimum absolute atomic E-state index is 0.0609. The van der Waals surface area contributed by atoms with Gasteiger partial charge in [0.25, 0.3) is 0 Å². The molecule has 4 N–H and O–H groups in total. The van der Waals surface area contributed by atoms with E-state index in [1.165, 1.54) is 0 Å². The molecule has 1 aliphatic heterocycles. The fourth-order valence-corrected chi connectivity index (χ4v) is 1.76. The zero-order chi connectivity index (χ0) is 11.5. The van der Waals surface area contributed by atoms with E-state index in [9.17, 15) is 5.11 Å². The van der Waals surface area contributed by atoms with Gasteiger partial charge in [-0.1, -0.05) is 0 Å². The maximum absolute atomic E-state index is 9.37. The molecule has 1 aromatic rings. The second-order valence-corrected chi connectivity index (χ2v) is 3.90. The number of ether oxygens (including phenoxy) is 1. The highest BCUT2D eigenvalue weighted by Crippen LogP contribution is 2.30. The molecule has 1 aliphatic rings. The lowest BCUT2D eigenvalue weighted by molar-refractivity contribution is 0.279. The number of aromatic hydroxyl groups is 1. The first-order valence-electron chi connectivity index (χ1n) is 5.24. The number of hydrogen-bond acceptors (Lipinski definition) is 4. The lowest BCUT2D eigenvalue weighted by Gasteiger charge is -2.21. The van der Waals surface area contributed by atoms with E-state index in [1.54, 1.807) is 24.5 Å². The quantitative estimate of drug-likeness (QED) is 0.709. The molecule has 1 heterocycles. The average molecular weight is 221 g/mol. The Kier molecular flexibility index (Phi) is 3.12. The Morgan fingerprint density at radius 1 is 1.44 bits per heavy atom. The van der Waals surface area contributed by atoms with Crippen molar-refractivity contribution in [1.82, 2.24) is 0 Å². The Morgan fingerprint density at radius 2 is 2.25 bits per heavy atom. The molecule has 0 bridgehead atoms. The molecule has 0 saturated carbocycles. The Bertz CT molecular complexity index is 415. The summed E-state index contributed by atoms with van der Waals surface area (Å²) in [7, 11) is 0. The zero-order valence-corrected chi connectivity index (χ0v) is 8.89. The Hall–Kier alpha value is -1.52. The first-order chi connectivity index (χ1) is 7.70. The largest absolute Gasteiger partial charge is 0.508 e. The van der Waals surface area contributed by atoms with Crippen molar-refractivity contribution >= 4 is 0 Å². The highest BCUT2D eigenvalue weighted by Gasteiger charge is 2.17. The fraction of sp³-hybridized carbons (Fsp3) is 0.333. The third kappa shape index (κ3) is 2.18. The van der Waals surface area contributed by atoms with Gasteiger partial charge in [0, 0.05) is 24.6 Å². The van der Waals surface area contributed by atoms with Crippen LogP contribution >= 0.6 is 0 Å². The zero-order valence-electron chi connectivity index (χ0n) is 8.89. The van der Waals surface area contributed by atoms with E-state index >= 15 is 0 Å². The summed E-state index contributed by atoms with van der Waals surface area (Å²) in [5, 5.41) is 18.2. The van der Waals surface area contributed by atoms with Gasteiger partial charge in [0.05, 0.1) is 6.26 Å². The lowest BCUT2D eigenvalue weighted by Crippen LogP contribution is -2.27. The van der Waals surface area contributed by atoms with Crippen molar-refractivity contribution in [3.8, 4) is 11.5 Å². The number of hydrogen-bond donors (Lipinski definition) is 3. The van der Waals surface area contributed by atoms with E-state index in [0.717, 1.165) is 16.9 Å². The van der Waals surface area contributed by atoms with Crippen molar-refractivity contribution in [3.63, 3.8) is 0 Å². The van der Waals surface area contributed by atoms with Crippen LogP contribution in [0.4, 0.5) is 0 Å². The van der Waals surface area contributed by atoms with Crippen LogP contribution in [0, 0.1) is 0 Å². The molecule has 0 fully saturated rings. The van der Waals surface area contributed by atoms with E-state index in [4.69, 9.17) is 15.6 Å². The minimum atomic E-state index is -0.194. The van der Waals surface area contributed by atoms with E-state index in [1.807, 2.05) is 0 Å². The van der Waals surface area contributed by atoms with Crippen molar-refractivity contribution in [2.24, 2.45) is 5.73 Å². The molecule has 1 atom stereocenters. The topological polar surface area (TPSA) is 75.7 Å². The van der Waals surface area contributed by atoms with Crippen LogP contribution in [0.3, 0.4) is 0 Å². The van der Waals surface area contributed by atoms with Crippen molar-refractivity contribution < 1.29 is 14.9 Å². The molecule has 0 saturated heterocycles. The van der Waals surface area contributed by atoms with E-state index in [2.05, 4.69) is 0 Å². The van der Waals surface area contributed by atoms with Crippen molar-refractivity contribution in [2.45, 2.75) is 18.9 Å². The maximum Gasteiger partial charge on any atom is 0.130 e. The number of phenols is 1. The minimum Gasteiger partial charge on any atom is -0.508 e. The Balaban J connectivity index is 2.16. The van der Waals surface area contributed by atoms with Gasteiger partial charge in [0.15, 0.2) is 0 Å². The lowest BCUT2D eigenvalue weighted by atomic mass is 9.96. The van der Waals surface area contributed by atoms with Crippen LogP contribution in [0.5, 0.6) is 11.5 Å². The van der Waals surface area contributed by atoms with Gasteiger partial charge in [-0.15, -0.1) is 0 Å². The smallest absolute Gasteiger partial charge is 0.130 e. The van der Waals surface area contributed by atoms with E-state index in [-0.39, 0.29) is 18.4 Å². The average Bonchev–Trinajstić information content (AvgIpc) is 2.28. The van der Waals surface area contributed by atoms with Gasteiger partial charge in [-0.3, -0.25) is 0 Å². The summed E-state index contributed by atoms with van der Waals surface area (Å²) < 4.78 is 5.42. The van der Waals surface area contributed by atoms with Crippen LogP contribution in [0.15, 0.2) is 30.0 Å². The second kappa shape index (κ2) is 4.55. The highest BCUT2D eigenvalue weighted by atomic mass is 16.5. The molecule has 1 aromatic carbocycles. The van der Waals surface area contributed by atoms with Crippen LogP contribution in [-0.4, -0.2) is 22.9 Å². The SMILES string of the molecule is NC(CCO)C1=COc2ccc(O)cc2C1. The number of aliphatic hydroxyl groups excluding tert-OH is 1. The number of phenolic OH excluding ortho intramolecular Hbond substituents is 1. The number of aliphatic hydroxyl groups is 1. The number of rotatable bonds is 3. The molecule has 16 heavy (non-hydrogen) atoms. The summed E-state index contributed by atoms with van der Waals surface area (Å²) in [6, 6.07) is 4.80. The predicted octanol–water partition coefficient (Wildman–Crippen LogP) is 0.921. The van der Waals surface area contributed by atoms with Gasteiger partial charge in [0.2, 0.25) is 0 Å². The first-order valence-corrected chi connectivity index (χ1v) is 5.24.